The largest absolute Gasteiger partial charge is 0.353 e. The number of nitrogens with one attached hydrogen (secondary N) is 2. The van der Waals surface area contributed by atoms with Crippen molar-refractivity contribution in [3.63, 3.8) is 0 Å². The highest BCUT2D eigenvalue weighted by atomic mass is 32.2. The Kier molecular flexibility index (Phi) is 7.23. The number of rotatable bonds is 9. The normalized spacial score (nSPS) is 14.9. The minimum atomic E-state index is -3.52. The molecule has 0 saturated heterocycles. The van der Waals surface area contributed by atoms with Crippen molar-refractivity contribution in [1.29, 1.82) is 0 Å². The fourth-order valence-electron chi connectivity index (χ4n) is 3.52. The molecule has 0 radical (unpaired) electrons. The van der Waals surface area contributed by atoms with E-state index in [9.17, 15) is 13.2 Å². The molecule has 1 fully saturated rings. The maximum Gasteiger partial charge on any atom is 0.240 e. The lowest BCUT2D eigenvalue weighted by Crippen LogP contribution is -2.32. The van der Waals surface area contributed by atoms with E-state index in [-0.39, 0.29) is 10.8 Å². The lowest BCUT2D eigenvalue weighted by molar-refractivity contribution is -0.121. The van der Waals surface area contributed by atoms with Crippen LogP contribution in [0.1, 0.15) is 43.2 Å². The summed E-state index contributed by atoms with van der Waals surface area (Å²) in [5.74, 6) is 0.0752. The van der Waals surface area contributed by atoms with Crippen molar-refractivity contribution >= 4 is 15.9 Å². The van der Waals surface area contributed by atoms with Crippen molar-refractivity contribution in [3.05, 3.63) is 65.7 Å². The summed E-state index contributed by atoms with van der Waals surface area (Å²) < 4.78 is 27.5. The molecule has 3 rings (SSSR count). The zero-order chi connectivity index (χ0) is 19.8. The van der Waals surface area contributed by atoms with E-state index < -0.39 is 10.0 Å². The number of hydrogen-bond acceptors (Lipinski definition) is 3. The minimum Gasteiger partial charge on any atom is -0.353 e. The van der Waals surface area contributed by atoms with Gasteiger partial charge in [0.25, 0.3) is 0 Å². The first kappa shape index (κ1) is 20.6. The van der Waals surface area contributed by atoms with E-state index >= 15 is 0 Å². The summed E-state index contributed by atoms with van der Waals surface area (Å²) in [6, 6.07) is 16.9. The average Bonchev–Trinajstić information content (AvgIpc) is 3.20. The fraction of sp³-hybridized carbons (Fsp3) is 0.409. The van der Waals surface area contributed by atoms with Crippen LogP contribution in [0.3, 0.4) is 0 Å². The second kappa shape index (κ2) is 9.85. The molecule has 1 aliphatic carbocycles. The highest BCUT2D eigenvalue weighted by molar-refractivity contribution is 7.89. The van der Waals surface area contributed by atoms with E-state index in [1.54, 1.807) is 24.3 Å². The third-order valence-corrected chi connectivity index (χ3v) is 6.62. The van der Waals surface area contributed by atoms with Gasteiger partial charge in [-0.3, -0.25) is 4.79 Å². The first-order valence-electron chi connectivity index (χ1n) is 9.95. The monoisotopic (exact) mass is 400 g/mol. The summed E-state index contributed by atoms with van der Waals surface area (Å²) in [6.07, 6.45) is 6.23. The highest BCUT2D eigenvalue weighted by Crippen LogP contribution is 2.18. The van der Waals surface area contributed by atoms with Crippen molar-refractivity contribution in [2.24, 2.45) is 0 Å². The molecule has 6 heteroatoms. The molecule has 28 heavy (non-hydrogen) atoms. The molecule has 0 bridgehead atoms. The lowest BCUT2D eigenvalue weighted by Gasteiger charge is -2.12. The van der Waals surface area contributed by atoms with E-state index in [4.69, 9.17) is 0 Å². The Hall–Kier alpha value is -2.18. The van der Waals surface area contributed by atoms with Gasteiger partial charge >= 0.3 is 0 Å². The maximum absolute atomic E-state index is 12.4. The second-order valence-electron chi connectivity index (χ2n) is 7.33. The van der Waals surface area contributed by atoms with Crippen LogP contribution in [0.15, 0.2) is 59.5 Å². The summed E-state index contributed by atoms with van der Waals surface area (Å²) in [7, 11) is -3.52. The van der Waals surface area contributed by atoms with Crippen LogP contribution in [0, 0.1) is 0 Å². The van der Waals surface area contributed by atoms with E-state index in [0.717, 1.165) is 24.0 Å². The van der Waals surface area contributed by atoms with Crippen molar-refractivity contribution in [2.45, 2.75) is 55.9 Å². The lowest BCUT2D eigenvalue weighted by atomic mass is 10.1. The Morgan fingerprint density at radius 2 is 1.54 bits per heavy atom. The number of hydrogen-bond donors (Lipinski definition) is 2. The Labute approximate surface area is 167 Å². The molecule has 0 atom stereocenters. The number of amides is 1. The summed E-state index contributed by atoms with van der Waals surface area (Å²) in [5.41, 5.74) is 2.06. The van der Waals surface area contributed by atoms with Crippen LogP contribution in [0.2, 0.25) is 0 Å². The summed E-state index contributed by atoms with van der Waals surface area (Å²) in [6.45, 7) is 0.357. The number of sulfonamides is 1. The van der Waals surface area contributed by atoms with E-state index in [2.05, 4.69) is 10.0 Å². The summed E-state index contributed by atoms with van der Waals surface area (Å²) in [5, 5.41) is 3.08. The molecule has 2 N–H and O–H groups in total. The maximum atomic E-state index is 12.4. The third-order valence-electron chi connectivity index (χ3n) is 5.14. The molecular formula is C22H28N2O3S. The van der Waals surface area contributed by atoms with Crippen LogP contribution in [0.5, 0.6) is 0 Å². The molecule has 150 valence electrons. The zero-order valence-electron chi connectivity index (χ0n) is 16.1. The number of aryl methyl sites for hydroxylation is 1. The Bertz CT molecular complexity index is 858. The first-order valence-corrected chi connectivity index (χ1v) is 11.4. The topological polar surface area (TPSA) is 75.3 Å². The van der Waals surface area contributed by atoms with Gasteiger partial charge in [0.15, 0.2) is 0 Å². The quantitative estimate of drug-likeness (QED) is 0.679. The van der Waals surface area contributed by atoms with Gasteiger partial charge in [-0.15, -0.1) is 0 Å². The SMILES string of the molecule is O=C(CCc1ccc(S(=O)(=O)NCCc2ccccc2)cc1)NC1CCCC1. The first-order chi connectivity index (χ1) is 13.5. The van der Waals surface area contributed by atoms with Gasteiger partial charge in [0.1, 0.15) is 0 Å². The van der Waals surface area contributed by atoms with E-state index in [0.29, 0.717) is 31.8 Å². The van der Waals surface area contributed by atoms with Gasteiger partial charge in [0.2, 0.25) is 15.9 Å². The van der Waals surface area contributed by atoms with Crippen LogP contribution >= 0.6 is 0 Å². The van der Waals surface area contributed by atoms with Crippen molar-refractivity contribution in [1.82, 2.24) is 10.0 Å². The van der Waals surface area contributed by atoms with Crippen molar-refractivity contribution < 1.29 is 13.2 Å². The van der Waals surface area contributed by atoms with Gasteiger partial charge in [-0.1, -0.05) is 55.3 Å². The van der Waals surface area contributed by atoms with Crippen LogP contribution in [-0.4, -0.2) is 26.9 Å². The van der Waals surface area contributed by atoms with Gasteiger partial charge in [0.05, 0.1) is 4.90 Å². The Balaban J connectivity index is 1.46. The van der Waals surface area contributed by atoms with Gasteiger partial charge < -0.3 is 5.32 Å². The Morgan fingerprint density at radius 3 is 2.21 bits per heavy atom. The number of benzene rings is 2. The molecule has 0 aromatic heterocycles. The Morgan fingerprint density at radius 1 is 0.893 bits per heavy atom. The van der Waals surface area contributed by atoms with Gasteiger partial charge in [0, 0.05) is 19.0 Å². The number of carbonyl (C=O) groups is 1. The molecule has 0 spiro atoms. The summed E-state index contributed by atoms with van der Waals surface area (Å²) >= 11 is 0. The zero-order valence-corrected chi connectivity index (χ0v) is 16.9. The van der Waals surface area contributed by atoms with Gasteiger partial charge in [-0.25, -0.2) is 13.1 Å². The molecule has 1 amide bonds. The van der Waals surface area contributed by atoms with E-state index in [1.807, 2.05) is 30.3 Å². The predicted molar refractivity (Wildman–Crippen MR) is 110 cm³/mol. The molecule has 2 aromatic carbocycles. The van der Waals surface area contributed by atoms with Gasteiger partial charge in [-0.2, -0.15) is 0 Å². The standard InChI is InChI=1S/C22H28N2O3S/c25-22(24-20-8-4-5-9-20)15-12-19-10-13-21(14-11-19)28(26,27)23-17-16-18-6-2-1-3-7-18/h1-3,6-7,10-11,13-14,20,23H,4-5,8-9,12,15-17H2,(H,24,25). The molecule has 0 aliphatic heterocycles. The molecule has 0 unspecified atom stereocenters. The summed E-state index contributed by atoms with van der Waals surface area (Å²) in [4.78, 5) is 12.3. The molecular weight excluding hydrogens is 372 g/mol. The molecule has 5 nitrogen and oxygen atoms in total. The van der Waals surface area contributed by atoms with E-state index in [1.165, 1.54) is 12.8 Å². The number of carbonyl (C=O) groups excluding carboxylic acids is 1. The van der Waals surface area contributed by atoms with Crippen LogP contribution in [-0.2, 0) is 27.7 Å². The van der Waals surface area contributed by atoms with Crippen molar-refractivity contribution in [3.8, 4) is 0 Å². The highest BCUT2D eigenvalue weighted by Gasteiger charge is 2.17. The van der Waals surface area contributed by atoms with Crippen LogP contribution < -0.4 is 10.0 Å². The van der Waals surface area contributed by atoms with Crippen LogP contribution in [0.25, 0.3) is 0 Å². The molecule has 2 aromatic rings. The fourth-order valence-corrected chi connectivity index (χ4v) is 4.55. The third kappa shape index (κ3) is 6.17. The molecule has 1 saturated carbocycles. The average molecular weight is 401 g/mol. The smallest absolute Gasteiger partial charge is 0.240 e. The second-order valence-corrected chi connectivity index (χ2v) is 9.09. The minimum absolute atomic E-state index is 0.0752. The van der Waals surface area contributed by atoms with Crippen molar-refractivity contribution in [2.75, 3.05) is 6.54 Å². The van der Waals surface area contributed by atoms with Gasteiger partial charge in [-0.05, 0) is 48.9 Å². The molecule has 1 aliphatic rings. The van der Waals surface area contributed by atoms with Crippen LogP contribution in [0.4, 0.5) is 0 Å². The molecule has 0 heterocycles. The predicted octanol–water partition coefficient (Wildman–Crippen LogP) is 3.20.